The van der Waals surface area contributed by atoms with Crippen molar-refractivity contribution in [2.45, 2.75) is 53.1 Å². The molecule has 1 radical (unpaired) electrons. The summed E-state index contributed by atoms with van der Waals surface area (Å²) in [4.78, 5) is 0. The topological polar surface area (TPSA) is 9.23 Å². The van der Waals surface area contributed by atoms with Gasteiger partial charge >= 0.3 is 0 Å². The highest BCUT2D eigenvalue weighted by molar-refractivity contribution is 6.48. The lowest BCUT2D eigenvalue weighted by molar-refractivity contribution is 0.245. The molecule has 81 valence electrons. The standard InChI is InChI=1S/C12H23OSi/c1-12(2,3)10-7-6-8-11(9-10)13-14(4)5/h9-10H,6-8H2,1-5H3. The highest BCUT2D eigenvalue weighted by Crippen LogP contribution is 2.36. The van der Waals surface area contributed by atoms with Crippen LogP contribution in [0.3, 0.4) is 0 Å². The minimum absolute atomic E-state index is 0.392. The molecule has 1 atom stereocenters. The average molecular weight is 211 g/mol. The fourth-order valence-corrected chi connectivity index (χ4v) is 2.61. The summed E-state index contributed by atoms with van der Waals surface area (Å²) >= 11 is 0. The normalized spacial score (nSPS) is 23.6. The van der Waals surface area contributed by atoms with Crippen molar-refractivity contribution < 1.29 is 4.43 Å². The van der Waals surface area contributed by atoms with Gasteiger partial charge in [-0.05, 0) is 43.3 Å². The Morgan fingerprint density at radius 1 is 1.36 bits per heavy atom. The summed E-state index contributed by atoms with van der Waals surface area (Å²) < 4.78 is 5.88. The van der Waals surface area contributed by atoms with E-state index in [4.69, 9.17) is 4.43 Å². The number of hydrogen-bond donors (Lipinski definition) is 0. The molecule has 1 aliphatic carbocycles. The molecular formula is C12H23OSi. The van der Waals surface area contributed by atoms with E-state index in [2.05, 4.69) is 39.9 Å². The third-order valence-electron chi connectivity index (χ3n) is 2.77. The van der Waals surface area contributed by atoms with Gasteiger partial charge in [0.25, 0.3) is 9.04 Å². The number of allylic oxidation sites excluding steroid dienone is 2. The van der Waals surface area contributed by atoms with Crippen LogP contribution in [0.4, 0.5) is 0 Å². The van der Waals surface area contributed by atoms with Crippen LogP contribution in [0.1, 0.15) is 40.0 Å². The van der Waals surface area contributed by atoms with Gasteiger partial charge in [0.05, 0.1) is 5.76 Å². The maximum absolute atomic E-state index is 5.88. The molecule has 14 heavy (non-hydrogen) atoms. The first-order chi connectivity index (χ1) is 6.39. The molecule has 0 heterocycles. The lowest BCUT2D eigenvalue weighted by Gasteiger charge is -2.32. The van der Waals surface area contributed by atoms with Crippen molar-refractivity contribution in [3.8, 4) is 0 Å². The molecule has 0 N–H and O–H groups in total. The van der Waals surface area contributed by atoms with E-state index in [0.717, 1.165) is 6.42 Å². The summed E-state index contributed by atoms with van der Waals surface area (Å²) in [5.41, 5.74) is 0.392. The fraction of sp³-hybridized carbons (Fsp3) is 0.833. The highest BCUT2D eigenvalue weighted by Gasteiger charge is 2.26. The molecule has 1 aliphatic rings. The maximum atomic E-state index is 5.88. The molecule has 0 fully saturated rings. The zero-order chi connectivity index (χ0) is 10.8. The zero-order valence-corrected chi connectivity index (χ0v) is 11.2. The van der Waals surface area contributed by atoms with Gasteiger partial charge in [-0.2, -0.15) is 0 Å². The minimum atomic E-state index is -0.570. The number of hydrogen-bond acceptors (Lipinski definition) is 1. The van der Waals surface area contributed by atoms with Crippen LogP contribution < -0.4 is 0 Å². The van der Waals surface area contributed by atoms with E-state index in [1.54, 1.807) is 0 Å². The van der Waals surface area contributed by atoms with Crippen LogP contribution in [0.5, 0.6) is 0 Å². The summed E-state index contributed by atoms with van der Waals surface area (Å²) in [5.74, 6) is 1.96. The first-order valence-electron chi connectivity index (χ1n) is 5.58. The monoisotopic (exact) mass is 211 g/mol. The van der Waals surface area contributed by atoms with Crippen LogP contribution in [0, 0.1) is 11.3 Å². The van der Waals surface area contributed by atoms with Gasteiger partial charge in [-0.15, -0.1) is 0 Å². The van der Waals surface area contributed by atoms with Crippen molar-refractivity contribution in [1.82, 2.24) is 0 Å². The Hall–Kier alpha value is -0.243. The number of rotatable bonds is 2. The molecular weight excluding hydrogens is 188 g/mol. The molecule has 0 bridgehead atoms. The van der Waals surface area contributed by atoms with Crippen LogP contribution in [0.15, 0.2) is 11.8 Å². The Morgan fingerprint density at radius 3 is 2.50 bits per heavy atom. The summed E-state index contributed by atoms with van der Waals surface area (Å²) in [5, 5.41) is 0. The van der Waals surface area contributed by atoms with E-state index in [-0.39, 0.29) is 0 Å². The molecule has 2 heteroatoms. The van der Waals surface area contributed by atoms with Crippen molar-refractivity contribution in [1.29, 1.82) is 0 Å². The Balaban J connectivity index is 2.64. The lowest BCUT2D eigenvalue weighted by atomic mass is 9.75. The molecule has 1 unspecified atom stereocenters. The molecule has 1 nitrogen and oxygen atoms in total. The second-order valence-corrected chi connectivity index (χ2v) is 7.53. The molecule has 0 saturated heterocycles. The molecule has 0 aliphatic heterocycles. The third-order valence-corrected chi connectivity index (χ3v) is 3.44. The van der Waals surface area contributed by atoms with Gasteiger partial charge in [0.2, 0.25) is 0 Å². The lowest BCUT2D eigenvalue weighted by Crippen LogP contribution is -2.22. The molecule has 0 spiro atoms. The van der Waals surface area contributed by atoms with Gasteiger partial charge < -0.3 is 4.43 Å². The maximum Gasteiger partial charge on any atom is 0.273 e. The SMILES string of the molecule is C[Si](C)OC1=CC(C(C)(C)C)CCC1. The van der Waals surface area contributed by atoms with Gasteiger partial charge in [-0.1, -0.05) is 20.8 Å². The minimum Gasteiger partial charge on any atom is -0.546 e. The van der Waals surface area contributed by atoms with Gasteiger partial charge in [0.15, 0.2) is 0 Å². The molecule has 0 aromatic carbocycles. The largest absolute Gasteiger partial charge is 0.546 e. The van der Waals surface area contributed by atoms with Crippen molar-refractivity contribution in [3.63, 3.8) is 0 Å². The van der Waals surface area contributed by atoms with Crippen LogP contribution in [0.2, 0.25) is 13.1 Å². The Morgan fingerprint density at radius 2 is 2.00 bits per heavy atom. The molecule has 1 rings (SSSR count). The Kier molecular flexibility index (Phi) is 3.82. The molecule has 0 aromatic rings. The Bertz CT molecular complexity index is 213. The van der Waals surface area contributed by atoms with Crippen LogP contribution in [-0.2, 0) is 4.43 Å². The molecule has 0 aromatic heterocycles. The summed E-state index contributed by atoms with van der Waals surface area (Å²) in [6.45, 7) is 11.4. The van der Waals surface area contributed by atoms with E-state index in [1.807, 2.05) is 0 Å². The van der Waals surface area contributed by atoms with Crippen LogP contribution in [-0.4, -0.2) is 9.04 Å². The molecule has 0 saturated carbocycles. The smallest absolute Gasteiger partial charge is 0.273 e. The first kappa shape index (κ1) is 11.8. The second kappa shape index (κ2) is 4.52. The quantitative estimate of drug-likeness (QED) is 0.628. The van der Waals surface area contributed by atoms with Gasteiger partial charge in [0, 0.05) is 6.42 Å². The highest BCUT2D eigenvalue weighted by atomic mass is 28.3. The predicted octanol–water partition coefficient (Wildman–Crippen LogP) is 3.98. The van der Waals surface area contributed by atoms with Crippen molar-refractivity contribution in [3.05, 3.63) is 11.8 Å². The van der Waals surface area contributed by atoms with Crippen molar-refractivity contribution in [2.75, 3.05) is 0 Å². The van der Waals surface area contributed by atoms with E-state index in [9.17, 15) is 0 Å². The van der Waals surface area contributed by atoms with Gasteiger partial charge in [-0.3, -0.25) is 0 Å². The van der Waals surface area contributed by atoms with Gasteiger partial charge in [-0.25, -0.2) is 0 Å². The van der Waals surface area contributed by atoms with E-state index >= 15 is 0 Å². The van der Waals surface area contributed by atoms with Crippen molar-refractivity contribution in [2.24, 2.45) is 11.3 Å². The third kappa shape index (κ3) is 3.49. The summed E-state index contributed by atoms with van der Waals surface area (Å²) in [6, 6.07) is 0. The van der Waals surface area contributed by atoms with Crippen molar-refractivity contribution >= 4 is 9.04 Å². The summed E-state index contributed by atoms with van der Waals surface area (Å²) in [6.07, 6.45) is 6.15. The fourth-order valence-electron chi connectivity index (χ4n) is 1.92. The summed E-state index contributed by atoms with van der Waals surface area (Å²) in [7, 11) is -0.570. The first-order valence-corrected chi connectivity index (χ1v) is 7.99. The van der Waals surface area contributed by atoms with Gasteiger partial charge in [0.1, 0.15) is 0 Å². The van der Waals surface area contributed by atoms with E-state index in [0.29, 0.717) is 11.3 Å². The zero-order valence-electron chi connectivity index (χ0n) is 10.2. The average Bonchev–Trinajstić information content (AvgIpc) is 2.01. The Labute approximate surface area is 90.3 Å². The van der Waals surface area contributed by atoms with E-state index < -0.39 is 9.04 Å². The van der Waals surface area contributed by atoms with Crippen LogP contribution >= 0.6 is 0 Å². The molecule has 0 amide bonds. The van der Waals surface area contributed by atoms with E-state index in [1.165, 1.54) is 18.6 Å². The second-order valence-electron chi connectivity index (χ2n) is 5.51. The van der Waals surface area contributed by atoms with Crippen LogP contribution in [0.25, 0.3) is 0 Å². The predicted molar refractivity (Wildman–Crippen MR) is 63.4 cm³/mol.